The second-order valence-corrected chi connectivity index (χ2v) is 4.61. The van der Waals surface area contributed by atoms with E-state index < -0.39 is 0 Å². The molecular formula is C13H11BrFNO. The molecule has 2 N–H and O–H groups in total. The average Bonchev–Trinajstić information content (AvgIpc) is 2.29. The van der Waals surface area contributed by atoms with Gasteiger partial charge in [-0.05, 0) is 42.8 Å². The van der Waals surface area contributed by atoms with Crippen molar-refractivity contribution in [3.63, 3.8) is 0 Å². The van der Waals surface area contributed by atoms with Crippen LogP contribution in [0.4, 0.5) is 10.1 Å². The molecule has 2 aromatic carbocycles. The number of aryl methyl sites for hydroxylation is 1. The summed E-state index contributed by atoms with van der Waals surface area (Å²) in [5, 5.41) is 0. The Labute approximate surface area is 107 Å². The van der Waals surface area contributed by atoms with E-state index in [-0.39, 0.29) is 11.5 Å². The van der Waals surface area contributed by atoms with Crippen molar-refractivity contribution in [3.05, 3.63) is 52.3 Å². The molecule has 17 heavy (non-hydrogen) atoms. The van der Waals surface area contributed by atoms with Gasteiger partial charge in [0.1, 0.15) is 11.6 Å². The fourth-order valence-electron chi connectivity index (χ4n) is 1.39. The fraction of sp³-hybridized carbons (Fsp3) is 0.0769. The lowest BCUT2D eigenvalue weighted by Crippen LogP contribution is -1.95. The number of nitrogen functional groups attached to an aromatic ring is 1. The SMILES string of the molecule is Cc1cc(Oc2ccc(Br)cc2)c(N)cc1F. The van der Waals surface area contributed by atoms with Crippen LogP contribution in [0.3, 0.4) is 0 Å². The zero-order valence-electron chi connectivity index (χ0n) is 9.21. The van der Waals surface area contributed by atoms with Gasteiger partial charge < -0.3 is 10.5 Å². The average molecular weight is 296 g/mol. The van der Waals surface area contributed by atoms with E-state index in [1.54, 1.807) is 13.0 Å². The molecule has 0 aliphatic carbocycles. The first-order valence-electron chi connectivity index (χ1n) is 5.05. The van der Waals surface area contributed by atoms with Gasteiger partial charge in [0.2, 0.25) is 0 Å². The molecule has 0 saturated heterocycles. The van der Waals surface area contributed by atoms with Crippen molar-refractivity contribution in [2.45, 2.75) is 6.92 Å². The number of halogens is 2. The summed E-state index contributed by atoms with van der Waals surface area (Å²) in [5.74, 6) is 0.794. The van der Waals surface area contributed by atoms with Gasteiger partial charge in [-0.2, -0.15) is 0 Å². The lowest BCUT2D eigenvalue weighted by Gasteiger charge is -2.10. The van der Waals surface area contributed by atoms with Gasteiger partial charge in [0.25, 0.3) is 0 Å². The first-order chi connectivity index (χ1) is 8.06. The minimum atomic E-state index is -0.328. The van der Waals surface area contributed by atoms with Crippen molar-refractivity contribution < 1.29 is 9.13 Å². The molecule has 2 aromatic rings. The molecule has 0 spiro atoms. The number of anilines is 1. The number of benzene rings is 2. The van der Waals surface area contributed by atoms with Gasteiger partial charge in [-0.1, -0.05) is 15.9 Å². The maximum absolute atomic E-state index is 13.2. The first kappa shape index (κ1) is 11.9. The van der Waals surface area contributed by atoms with E-state index in [1.165, 1.54) is 6.07 Å². The molecular weight excluding hydrogens is 285 g/mol. The van der Waals surface area contributed by atoms with Crippen molar-refractivity contribution in [1.82, 2.24) is 0 Å². The van der Waals surface area contributed by atoms with Gasteiger partial charge in [-0.15, -0.1) is 0 Å². The second kappa shape index (κ2) is 4.75. The number of ether oxygens (including phenoxy) is 1. The topological polar surface area (TPSA) is 35.2 Å². The molecule has 0 aliphatic heterocycles. The standard InChI is InChI=1S/C13H11BrFNO/c1-8-6-13(12(16)7-11(8)15)17-10-4-2-9(14)3-5-10/h2-7H,16H2,1H3. The quantitative estimate of drug-likeness (QED) is 0.840. The van der Waals surface area contributed by atoms with E-state index in [1.807, 2.05) is 24.3 Å². The molecule has 0 heterocycles. The van der Waals surface area contributed by atoms with Crippen LogP contribution in [-0.4, -0.2) is 0 Å². The third-order valence-electron chi connectivity index (χ3n) is 2.33. The third-order valence-corrected chi connectivity index (χ3v) is 2.86. The van der Waals surface area contributed by atoms with Gasteiger partial charge in [-0.3, -0.25) is 0 Å². The maximum Gasteiger partial charge on any atom is 0.150 e. The van der Waals surface area contributed by atoms with E-state index in [4.69, 9.17) is 10.5 Å². The smallest absolute Gasteiger partial charge is 0.150 e. The van der Waals surface area contributed by atoms with Crippen LogP contribution in [0.1, 0.15) is 5.56 Å². The van der Waals surface area contributed by atoms with Crippen LogP contribution in [-0.2, 0) is 0 Å². The molecule has 0 amide bonds. The van der Waals surface area contributed by atoms with E-state index in [9.17, 15) is 4.39 Å². The summed E-state index contributed by atoms with van der Waals surface area (Å²) in [5.41, 5.74) is 6.49. The number of rotatable bonds is 2. The Hall–Kier alpha value is -1.55. The lowest BCUT2D eigenvalue weighted by molar-refractivity contribution is 0.482. The largest absolute Gasteiger partial charge is 0.455 e. The third kappa shape index (κ3) is 2.77. The molecule has 0 radical (unpaired) electrons. The van der Waals surface area contributed by atoms with E-state index >= 15 is 0 Å². The van der Waals surface area contributed by atoms with E-state index in [0.717, 1.165) is 4.47 Å². The van der Waals surface area contributed by atoms with Crippen LogP contribution < -0.4 is 10.5 Å². The molecule has 88 valence electrons. The lowest BCUT2D eigenvalue weighted by atomic mass is 10.2. The molecule has 0 atom stereocenters. The normalized spacial score (nSPS) is 10.3. The predicted molar refractivity (Wildman–Crippen MR) is 69.8 cm³/mol. The van der Waals surface area contributed by atoms with Crippen molar-refractivity contribution >= 4 is 21.6 Å². The monoisotopic (exact) mass is 295 g/mol. The summed E-state index contributed by atoms with van der Waals surface area (Å²) < 4.78 is 19.8. The Balaban J connectivity index is 2.30. The summed E-state index contributed by atoms with van der Waals surface area (Å²) in [7, 11) is 0. The highest BCUT2D eigenvalue weighted by Gasteiger charge is 2.06. The van der Waals surface area contributed by atoms with Crippen LogP contribution in [0.2, 0.25) is 0 Å². The van der Waals surface area contributed by atoms with Crippen molar-refractivity contribution in [2.75, 3.05) is 5.73 Å². The Kier molecular flexibility index (Phi) is 3.33. The molecule has 0 saturated carbocycles. The first-order valence-corrected chi connectivity index (χ1v) is 5.84. The van der Waals surface area contributed by atoms with Crippen LogP contribution in [0.5, 0.6) is 11.5 Å². The Morgan fingerprint density at radius 1 is 1.18 bits per heavy atom. The molecule has 0 unspecified atom stereocenters. The Morgan fingerprint density at radius 2 is 1.82 bits per heavy atom. The number of hydrogen-bond acceptors (Lipinski definition) is 2. The molecule has 2 nitrogen and oxygen atoms in total. The van der Waals surface area contributed by atoms with Crippen molar-refractivity contribution in [3.8, 4) is 11.5 Å². The molecule has 0 bridgehead atoms. The summed E-state index contributed by atoms with van der Waals surface area (Å²) in [6, 6.07) is 10.2. The highest BCUT2D eigenvalue weighted by molar-refractivity contribution is 9.10. The fourth-order valence-corrected chi connectivity index (χ4v) is 1.65. The maximum atomic E-state index is 13.2. The zero-order valence-corrected chi connectivity index (χ0v) is 10.8. The second-order valence-electron chi connectivity index (χ2n) is 3.70. The summed E-state index contributed by atoms with van der Waals surface area (Å²) in [6.45, 7) is 1.67. The minimum Gasteiger partial charge on any atom is -0.455 e. The molecule has 0 fully saturated rings. The van der Waals surface area contributed by atoms with Crippen LogP contribution in [0.25, 0.3) is 0 Å². The van der Waals surface area contributed by atoms with E-state index in [0.29, 0.717) is 17.1 Å². The highest BCUT2D eigenvalue weighted by Crippen LogP contribution is 2.30. The summed E-state index contributed by atoms with van der Waals surface area (Å²) >= 11 is 3.34. The van der Waals surface area contributed by atoms with Crippen molar-refractivity contribution in [1.29, 1.82) is 0 Å². The molecule has 2 rings (SSSR count). The Morgan fingerprint density at radius 3 is 2.47 bits per heavy atom. The van der Waals surface area contributed by atoms with Crippen LogP contribution in [0.15, 0.2) is 40.9 Å². The van der Waals surface area contributed by atoms with Gasteiger partial charge in [0, 0.05) is 10.5 Å². The van der Waals surface area contributed by atoms with Gasteiger partial charge in [0.15, 0.2) is 5.75 Å². The van der Waals surface area contributed by atoms with Gasteiger partial charge >= 0.3 is 0 Å². The molecule has 0 aliphatic rings. The molecule has 4 heteroatoms. The van der Waals surface area contributed by atoms with Crippen LogP contribution >= 0.6 is 15.9 Å². The number of nitrogens with two attached hydrogens (primary N) is 1. The zero-order chi connectivity index (χ0) is 12.4. The van der Waals surface area contributed by atoms with Crippen LogP contribution in [0, 0.1) is 12.7 Å². The van der Waals surface area contributed by atoms with Crippen molar-refractivity contribution in [2.24, 2.45) is 0 Å². The summed E-state index contributed by atoms with van der Waals surface area (Å²) in [6.07, 6.45) is 0. The highest BCUT2D eigenvalue weighted by atomic mass is 79.9. The van der Waals surface area contributed by atoms with Gasteiger partial charge in [0.05, 0.1) is 5.69 Å². The predicted octanol–water partition coefficient (Wildman–Crippen LogP) is 4.27. The summed E-state index contributed by atoms with van der Waals surface area (Å²) in [4.78, 5) is 0. The molecule has 0 aromatic heterocycles. The minimum absolute atomic E-state index is 0.288. The van der Waals surface area contributed by atoms with Gasteiger partial charge in [-0.25, -0.2) is 4.39 Å². The number of hydrogen-bond donors (Lipinski definition) is 1. The van der Waals surface area contributed by atoms with E-state index in [2.05, 4.69) is 15.9 Å². The Bertz CT molecular complexity index is 540.